The van der Waals surface area contributed by atoms with Crippen LogP contribution in [0.25, 0.3) is 0 Å². The Morgan fingerprint density at radius 2 is 1.61 bits per heavy atom. The van der Waals surface area contributed by atoms with Gasteiger partial charge in [0.05, 0.1) is 6.10 Å². The van der Waals surface area contributed by atoms with Crippen LogP contribution in [-0.2, 0) is 16.1 Å². The maximum Gasteiger partial charge on any atom is 0.488 e. The minimum Gasteiger partial charge on any atom is -0.423 e. The van der Waals surface area contributed by atoms with Gasteiger partial charge in [0.25, 0.3) is 0 Å². The van der Waals surface area contributed by atoms with Gasteiger partial charge < -0.3 is 31.1 Å². The van der Waals surface area contributed by atoms with E-state index in [2.05, 4.69) is 42.1 Å². The molecule has 11 heteroatoms. The van der Waals surface area contributed by atoms with Crippen molar-refractivity contribution in [2.45, 2.75) is 129 Å². The first-order valence-corrected chi connectivity index (χ1v) is 20.9. The Morgan fingerprint density at radius 3 is 2.37 bits per heavy atom. The molecule has 296 valence electrons. The molecule has 9 N–H and O–H groups in total. The van der Waals surface area contributed by atoms with Gasteiger partial charge in [0.15, 0.2) is 0 Å². The third-order valence-electron chi connectivity index (χ3n) is 15.0. The van der Waals surface area contributed by atoms with Crippen molar-refractivity contribution in [3.8, 4) is 0 Å². The Kier molecular flexibility index (Phi) is 13.5. The van der Waals surface area contributed by atoms with Crippen LogP contribution in [-0.4, -0.2) is 52.8 Å². The number of hydrogen-bond acceptors (Lipinski definition) is 8. The first-order valence-electron chi connectivity index (χ1n) is 20.9. The third kappa shape index (κ3) is 9.02. The van der Waals surface area contributed by atoms with E-state index in [0.717, 1.165) is 61.1 Å². The van der Waals surface area contributed by atoms with Crippen molar-refractivity contribution in [1.29, 1.82) is 0 Å². The predicted molar refractivity (Wildman–Crippen MR) is 216 cm³/mol. The van der Waals surface area contributed by atoms with Gasteiger partial charge in [0.2, 0.25) is 11.8 Å². The first kappa shape index (κ1) is 40.7. The maximum absolute atomic E-state index is 12.9. The molecule has 4 saturated carbocycles. The zero-order chi connectivity index (χ0) is 38.5. The summed E-state index contributed by atoms with van der Waals surface area (Å²) >= 11 is 0. The van der Waals surface area contributed by atoms with Gasteiger partial charge in [-0.3, -0.25) is 15.4 Å². The summed E-state index contributed by atoms with van der Waals surface area (Å²) in [5.41, 5.74) is 6.16. The number of hydrogen-bond donors (Lipinski definition) is 8. The molecule has 2 amide bonds. The van der Waals surface area contributed by atoms with Crippen molar-refractivity contribution in [3.05, 3.63) is 54.1 Å². The van der Waals surface area contributed by atoms with E-state index in [9.17, 15) is 24.7 Å². The average Bonchev–Trinajstić information content (AvgIpc) is 3.52. The lowest BCUT2D eigenvalue weighted by atomic mass is 9.44. The van der Waals surface area contributed by atoms with Crippen LogP contribution in [0, 0.1) is 46.3 Å². The van der Waals surface area contributed by atoms with Gasteiger partial charge in [-0.15, -0.1) is 0 Å². The van der Waals surface area contributed by atoms with E-state index in [0.29, 0.717) is 65.7 Å². The number of fused-ring (bicyclic) bond motifs is 5. The standard InChI is InChI=1S/C43H66BN5O5/c1-28(35-18-19-36-34-17-12-30-26-33(50)21-23-42(30,2)37(34)22-24-43(35,36)3)11-20-40(51)46-25-7-6-10-39(49-45)41(52)48-32-15-13-31(14-16-32)47-27-29-8-4-5-9-38(29)44(53)54/h4-5,8-9,13-16,28,30,33-37,39,47,49-50,53-54H,6-7,10-12,17-27,45H2,1-3H3,(H,46,51)(H,48,52)/t28?,30-,33-,34?,35?,36?,37?,39?,42+,43-/m0/s1. The number of benzene rings is 2. The van der Waals surface area contributed by atoms with E-state index >= 15 is 0 Å². The monoisotopic (exact) mass is 744 g/mol. The quantitative estimate of drug-likeness (QED) is 0.0485. The van der Waals surface area contributed by atoms with Crippen molar-refractivity contribution < 1.29 is 24.7 Å². The molecule has 2 aromatic carbocycles. The summed E-state index contributed by atoms with van der Waals surface area (Å²) in [5, 5.41) is 38.9. The molecule has 4 fully saturated rings. The summed E-state index contributed by atoms with van der Waals surface area (Å²) in [6.07, 6.45) is 14.6. The number of anilines is 2. The fourth-order valence-corrected chi connectivity index (χ4v) is 11.9. The smallest absolute Gasteiger partial charge is 0.423 e. The summed E-state index contributed by atoms with van der Waals surface area (Å²) < 4.78 is 0. The number of aliphatic hydroxyl groups is 1. The van der Waals surface area contributed by atoms with Crippen LogP contribution < -0.4 is 32.7 Å². The molecule has 0 bridgehead atoms. The summed E-state index contributed by atoms with van der Waals surface area (Å²) in [5.74, 6) is 10.0. The molecule has 10 nitrogen and oxygen atoms in total. The number of nitrogens with one attached hydrogen (secondary N) is 4. The van der Waals surface area contributed by atoms with Crippen LogP contribution in [0.1, 0.15) is 116 Å². The molecule has 10 atom stereocenters. The van der Waals surface area contributed by atoms with Gasteiger partial charge in [-0.05, 0) is 165 Å². The number of amides is 2. The van der Waals surface area contributed by atoms with Gasteiger partial charge in [0.1, 0.15) is 6.04 Å². The Bertz CT molecular complexity index is 1560. The molecule has 4 aliphatic carbocycles. The van der Waals surface area contributed by atoms with Gasteiger partial charge in [-0.2, -0.15) is 0 Å². The molecule has 2 aromatic rings. The molecule has 6 unspecified atom stereocenters. The van der Waals surface area contributed by atoms with Gasteiger partial charge >= 0.3 is 7.12 Å². The van der Waals surface area contributed by atoms with E-state index in [1.54, 1.807) is 12.1 Å². The highest BCUT2D eigenvalue weighted by Gasteiger charge is 2.60. The summed E-state index contributed by atoms with van der Waals surface area (Å²) in [7, 11) is -1.53. The van der Waals surface area contributed by atoms with Crippen LogP contribution >= 0.6 is 0 Å². The highest BCUT2D eigenvalue weighted by atomic mass is 16.4. The highest BCUT2D eigenvalue weighted by Crippen LogP contribution is 2.68. The lowest BCUT2D eigenvalue weighted by Crippen LogP contribution is -2.54. The molecule has 4 aliphatic rings. The van der Waals surface area contributed by atoms with E-state index < -0.39 is 13.2 Å². The molecular formula is C43H66BN5O5. The average molecular weight is 744 g/mol. The minimum atomic E-state index is -1.53. The van der Waals surface area contributed by atoms with Crippen LogP contribution in [0.5, 0.6) is 0 Å². The van der Waals surface area contributed by atoms with E-state index in [1.165, 1.54) is 44.9 Å². The van der Waals surface area contributed by atoms with Crippen LogP contribution in [0.4, 0.5) is 11.4 Å². The molecule has 0 aliphatic heterocycles. The van der Waals surface area contributed by atoms with E-state index in [1.807, 2.05) is 36.4 Å². The summed E-state index contributed by atoms with van der Waals surface area (Å²) in [6.45, 7) is 8.56. The number of carbonyl (C=O) groups excluding carboxylic acids is 2. The molecule has 0 heterocycles. The maximum atomic E-state index is 12.9. The number of nitrogens with two attached hydrogens (primary N) is 1. The zero-order valence-electron chi connectivity index (χ0n) is 32.9. The second kappa shape index (κ2) is 17.9. The zero-order valence-corrected chi connectivity index (χ0v) is 32.9. The van der Waals surface area contributed by atoms with Crippen molar-refractivity contribution in [2.24, 2.45) is 52.2 Å². The van der Waals surface area contributed by atoms with Gasteiger partial charge in [-0.1, -0.05) is 45.0 Å². The fraction of sp³-hybridized carbons (Fsp3) is 0.674. The molecule has 0 saturated heterocycles. The van der Waals surface area contributed by atoms with E-state index in [4.69, 9.17) is 5.84 Å². The molecule has 0 spiro atoms. The van der Waals surface area contributed by atoms with Crippen molar-refractivity contribution in [1.82, 2.24) is 10.7 Å². The number of rotatable bonds is 16. The topological polar surface area (TPSA) is 169 Å². The Labute approximate surface area is 323 Å². The third-order valence-corrected chi connectivity index (χ3v) is 15.0. The second-order valence-electron chi connectivity index (χ2n) is 17.9. The van der Waals surface area contributed by atoms with Crippen molar-refractivity contribution in [3.63, 3.8) is 0 Å². The van der Waals surface area contributed by atoms with Crippen molar-refractivity contribution >= 4 is 35.8 Å². The number of unbranched alkanes of at least 4 members (excludes halogenated alkanes) is 1. The predicted octanol–water partition coefficient (Wildman–Crippen LogP) is 5.47. The van der Waals surface area contributed by atoms with Crippen LogP contribution in [0.15, 0.2) is 48.5 Å². The normalized spacial score (nSPS) is 31.3. The minimum absolute atomic E-state index is 0.0875. The molecular weight excluding hydrogens is 677 g/mol. The lowest BCUT2D eigenvalue weighted by molar-refractivity contribution is -0.129. The van der Waals surface area contributed by atoms with Crippen LogP contribution in [0.2, 0.25) is 0 Å². The summed E-state index contributed by atoms with van der Waals surface area (Å²) in [4.78, 5) is 25.8. The Hall–Kier alpha value is -2.96. The largest absolute Gasteiger partial charge is 0.488 e. The SMILES string of the molecule is CC(CCC(=O)NCCCCC(NN)C(=O)Nc1ccc(NCc2ccccc2B(O)O)cc1)C1CCC2C3CC[C@H]4C[C@@H](O)CC[C@@]4(C)C3CC[C@@]12C. The summed E-state index contributed by atoms with van der Waals surface area (Å²) in [6, 6.07) is 13.9. The first-order chi connectivity index (χ1) is 25.9. The van der Waals surface area contributed by atoms with Gasteiger partial charge in [-0.25, -0.2) is 5.43 Å². The Balaban J connectivity index is 0.872. The second-order valence-corrected chi connectivity index (χ2v) is 17.9. The molecule has 6 rings (SSSR count). The Morgan fingerprint density at radius 1 is 0.889 bits per heavy atom. The van der Waals surface area contributed by atoms with Gasteiger partial charge in [0, 0.05) is 30.9 Å². The molecule has 0 radical (unpaired) electrons. The molecule has 54 heavy (non-hydrogen) atoms. The number of aliphatic hydroxyl groups excluding tert-OH is 1. The van der Waals surface area contributed by atoms with E-state index in [-0.39, 0.29) is 17.9 Å². The van der Waals surface area contributed by atoms with Crippen LogP contribution in [0.3, 0.4) is 0 Å². The highest BCUT2D eigenvalue weighted by molar-refractivity contribution is 6.59. The fourth-order valence-electron chi connectivity index (χ4n) is 11.9. The number of hydrazine groups is 1. The number of carbonyl (C=O) groups is 2. The van der Waals surface area contributed by atoms with Crippen molar-refractivity contribution in [2.75, 3.05) is 17.2 Å². The molecule has 0 aromatic heterocycles. The lowest BCUT2D eigenvalue weighted by Gasteiger charge is -2.61.